The molecule has 1 unspecified atom stereocenters. The Morgan fingerprint density at radius 3 is 2.28 bits per heavy atom. The zero-order valence-electron chi connectivity index (χ0n) is 15.6. The molecule has 1 heterocycles. The van der Waals surface area contributed by atoms with Gasteiger partial charge >= 0.3 is 0 Å². The SMILES string of the molecule is C=C(OC)C1=C(C)NC(C)=C(C(=C)OCC)C1c1cccc(Cl)c1C. The van der Waals surface area contributed by atoms with Crippen LogP contribution in [0.2, 0.25) is 5.02 Å². The second kappa shape index (κ2) is 7.83. The third-order valence-corrected chi connectivity index (χ3v) is 4.96. The third kappa shape index (κ3) is 3.62. The minimum absolute atomic E-state index is 0.105. The fourth-order valence-electron chi connectivity index (χ4n) is 3.34. The molecule has 1 aromatic carbocycles. The van der Waals surface area contributed by atoms with Gasteiger partial charge in [0.15, 0.2) is 0 Å². The first-order valence-corrected chi connectivity index (χ1v) is 8.70. The van der Waals surface area contributed by atoms with E-state index >= 15 is 0 Å². The van der Waals surface area contributed by atoms with Crippen molar-refractivity contribution in [3.63, 3.8) is 0 Å². The minimum atomic E-state index is -0.105. The molecule has 2 rings (SSSR count). The molecule has 4 heteroatoms. The van der Waals surface area contributed by atoms with Crippen LogP contribution >= 0.6 is 11.6 Å². The van der Waals surface area contributed by atoms with Crippen LogP contribution in [0.25, 0.3) is 0 Å². The van der Waals surface area contributed by atoms with Crippen LogP contribution in [-0.4, -0.2) is 13.7 Å². The molecule has 0 spiro atoms. The van der Waals surface area contributed by atoms with Gasteiger partial charge in [-0.25, -0.2) is 0 Å². The molecule has 0 saturated carbocycles. The molecule has 0 aliphatic carbocycles. The maximum Gasteiger partial charge on any atom is 0.118 e. The van der Waals surface area contributed by atoms with Crippen molar-refractivity contribution in [3.05, 3.63) is 81.6 Å². The third-order valence-electron chi connectivity index (χ3n) is 4.55. The van der Waals surface area contributed by atoms with Crippen molar-refractivity contribution in [3.8, 4) is 0 Å². The average molecular weight is 360 g/mol. The number of benzene rings is 1. The van der Waals surface area contributed by atoms with Gasteiger partial charge in [0.1, 0.15) is 11.5 Å². The van der Waals surface area contributed by atoms with E-state index in [0.717, 1.165) is 38.7 Å². The van der Waals surface area contributed by atoms with Gasteiger partial charge in [-0.2, -0.15) is 0 Å². The van der Waals surface area contributed by atoms with Gasteiger partial charge in [-0.3, -0.25) is 0 Å². The highest BCUT2D eigenvalue weighted by Crippen LogP contribution is 2.45. The van der Waals surface area contributed by atoms with Crippen molar-refractivity contribution in [1.82, 2.24) is 5.32 Å². The summed E-state index contributed by atoms with van der Waals surface area (Å²) in [5.41, 5.74) is 6.10. The molecule has 0 bridgehead atoms. The van der Waals surface area contributed by atoms with E-state index in [1.165, 1.54) is 0 Å². The van der Waals surface area contributed by atoms with Crippen LogP contribution in [0, 0.1) is 6.92 Å². The number of nitrogens with one attached hydrogen (secondary N) is 1. The fourth-order valence-corrected chi connectivity index (χ4v) is 3.53. The molecule has 1 N–H and O–H groups in total. The monoisotopic (exact) mass is 359 g/mol. The summed E-state index contributed by atoms with van der Waals surface area (Å²) in [4.78, 5) is 0. The summed E-state index contributed by atoms with van der Waals surface area (Å²) in [7, 11) is 1.63. The highest BCUT2D eigenvalue weighted by molar-refractivity contribution is 6.31. The molecule has 1 aliphatic heterocycles. The molecule has 0 amide bonds. The van der Waals surface area contributed by atoms with Gasteiger partial charge in [-0.1, -0.05) is 36.9 Å². The van der Waals surface area contributed by atoms with Gasteiger partial charge in [0, 0.05) is 33.5 Å². The average Bonchev–Trinajstić information content (AvgIpc) is 2.56. The van der Waals surface area contributed by atoms with Crippen molar-refractivity contribution < 1.29 is 9.47 Å². The molecule has 1 aliphatic rings. The first kappa shape index (κ1) is 19.2. The quantitative estimate of drug-likeness (QED) is 0.671. The first-order chi connectivity index (χ1) is 11.8. The lowest BCUT2D eigenvalue weighted by Gasteiger charge is -2.34. The van der Waals surface area contributed by atoms with E-state index in [4.69, 9.17) is 21.1 Å². The Hall–Kier alpha value is -2.13. The maximum atomic E-state index is 6.40. The predicted octanol–water partition coefficient (Wildman–Crippen LogP) is 5.59. The number of rotatable bonds is 6. The Balaban J connectivity index is 2.74. The van der Waals surface area contributed by atoms with Crippen LogP contribution in [-0.2, 0) is 9.47 Å². The van der Waals surface area contributed by atoms with Gasteiger partial charge in [0.25, 0.3) is 0 Å². The van der Waals surface area contributed by atoms with Gasteiger partial charge < -0.3 is 14.8 Å². The number of allylic oxidation sites excluding steroid dienone is 4. The summed E-state index contributed by atoms with van der Waals surface area (Å²) in [6.45, 7) is 16.8. The Labute approximate surface area is 155 Å². The Morgan fingerprint density at radius 2 is 1.72 bits per heavy atom. The van der Waals surface area contributed by atoms with Crippen molar-refractivity contribution >= 4 is 11.6 Å². The highest BCUT2D eigenvalue weighted by atomic mass is 35.5. The van der Waals surface area contributed by atoms with Crippen LogP contribution in [0.15, 0.2) is 65.4 Å². The van der Waals surface area contributed by atoms with Gasteiger partial charge in [-0.15, -0.1) is 0 Å². The Kier molecular flexibility index (Phi) is 6.02. The normalized spacial score (nSPS) is 17.3. The lowest BCUT2D eigenvalue weighted by Crippen LogP contribution is -2.27. The summed E-state index contributed by atoms with van der Waals surface area (Å²) in [5.74, 6) is 1.15. The Morgan fingerprint density at radius 1 is 1.12 bits per heavy atom. The van der Waals surface area contributed by atoms with Gasteiger partial charge in [0.05, 0.1) is 13.7 Å². The molecule has 0 aromatic heterocycles. The largest absolute Gasteiger partial charge is 0.497 e. The first-order valence-electron chi connectivity index (χ1n) is 8.32. The van der Waals surface area contributed by atoms with E-state index in [0.29, 0.717) is 18.1 Å². The predicted molar refractivity (Wildman–Crippen MR) is 104 cm³/mol. The Bertz CT molecular complexity index is 774. The maximum absolute atomic E-state index is 6.40. The van der Waals surface area contributed by atoms with Crippen molar-refractivity contribution in [2.75, 3.05) is 13.7 Å². The summed E-state index contributed by atoms with van der Waals surface area (Å²) < 4.78 is 11.2. The summed E-state index contributed by atoms with van der Waals surface area (Å²) >= 11 is 6.40. The van der Waals surface area contributed by atoms with E-state index in [1.54, 1.807) is 7.11 Å². The number of ether oxygens (including phenoxy) is 2. The van der Waals surface area contributed by atoms with Crippen LogP contribution in [0.3, 0.4) is 0 Å². The zero-order chi connectivity index (χ0) is 18.7. The highest BCUT2D eigenvalue weighted by Gasteiger charge is 2.34. The van der Waals surface area contributed by atoms with Crippen molar-refractivity contribution in [2.45, 2.75) is 33.6 Å². The molecule has 1 aromatic rings. The molecule has 134 valence electrons. The standard InChI is InChI=1S/C21H26ClNO2/c1-8-25-16(6)20-14(4)23-13(3)19(15(5)24-7)21(20)17-10-9-11-18(22)12(17)2/h9-11,21,23H,5-6,8H2,1-4,7H3. The van der Waals surface area contributed by atoms with E-state index in [1.807, 2.05) is 39.8 Å². The van der Waals surface area contributed by atoms with E-state index in [2.05, 4.69) is 24.5 Å². The zero-order valence-corrected chi connectivity index (χ0v) is 16.4. The van der Waals surface area contributed by atoms with Crippen molar-refractivity contribution in [1.29, 1.82) is 0 Å². The summed E-state index contributed by atoms with van der Waals surface area (Å²) in [6, 6.07) is 5.95. The second-order valence-electron chi connectivity index (χ2n) is 6.07. The van der Waals surface area contributed by atoms with E-state index in [9.17, 15) is 0 Å². The topological polar surface area (TPSA) is 30.5 Å². The fraction of sp³-hybridized carbons (Fsp3) is 0.333. The number of methoxy groups -OCH3 is 1. The number of hydrogen-bond donors (Lipinski definition) is 1. The van der Waals surface area contributed by atoms with Crippen molar-refractivity contribution in [2.24, 2.45) is 0 Å². The number of dihydropyridines is 1. The van der Waals surface area contributed by atoms with Crippen LogP contribution in [0.5, 0.6) is 0 Å². The molecule has 0 fully saturated rings. The van der Waals surface area contributed by atoms with Crippen LogP contribution < -0.4 is 5.32 Å². The van der Waals surface area contributed by atoms with Gasteiger partial charge in [-0.05, 0) is 44.9 Å². The molecule has 0 saturated heterocycles. The lowest BCUT2D eigenvalue weighted by molar-refractivity contribution is 0.234. The van der Waals surface area contributed by atoms with E-state index < -0.39 is 0 Å². The van der Waals surface area contributed by atoms with E-state index in [-0.39, 0.29) is 5.92 Å². The van der Waals surface area contributed by atoms with Gasteiger partial charge in [0.2, 0.25) is 0 Å². The number of halogens is 1. The van der Waals surface area contributed by atoms with Crippen LogP contribution in [0.1, 0.15) is 37.8 Å². The summed E-state index contributed by atoms with van der Waals surface area (Å²) in [6.07, 6.45) is 0. The molecule has 1 atom stereocenters. The minimum Gasteiger partial charge on any atom is -0.497 e. The van der Waals surface area contributed by atoms with Crippen LogP contribution in [0.4, 0.5) is 0 Å². The molecule has 25 heavy (non-hydrogen) atoms. The summed E-state index contributed by atoms with van der Waals surface area (Å²) in [5, 5.41) is 4.14. The second-order valence-corrected chi connectivity index (χ2v) is 6.48. The molecule has 3 nitrogen and oxygen atoms in total. The number of hydrogen-bond acceptors (Lipinski definition) is 3. The molecule has 0 radical (unpaired) electrons. The smallest absolute Gasteiger partial charge is 0.118 e. The molecular weight excluding hydrogens is 334 g/mol. The lowest BCUT2D eigenvalue weighted by atomic mass is 9.77. The molecular formula is C21H26ClNO2.